The molecule has 1 N–H and O–H groups in total. The quantitative estimate of drug-likeness (QED) is 0.595. The molecule has 0 atom stereocenters. The maximum absolute atomic E-state index is 12.8. The highest BCUT2D eigenvalue weighted by Gasteiger charge is 2.25. The number of aromatic nitrogens is 1. The molecule has 6 nitrogen and oxygen atoms in total. The van der Waals surface area contributed by atoms with Crippen molar-refractivity contribution in [1.82, 2.24) is 9.29 Å². The van der Waals surface area contributed by atoms with Crippen LogP contribution < -0.4 is 5.32 Å². The number of aryl methyl sites for hydroxylation is 1. The first-order valence-electron chi connectivity index (χ1n) is 10.3. The van der Waals surface area contributed by atoms with Gasteiger partial charge < -0.3 is 5.32 Å². The molecule has 1 saturated heterocycles. The van der Waals surface area contributed by atoms with Crippen LogP contribution in [-0.2, 0) is 21.2 Å². The zero-order valence-corrected chi connectivity index (χ0v) is 19.0. The summed E-state index contributed by atoms with van der Waals surface area (Å²) in [6.45, 7) is 3.15. The number of thiazole rings is 1. The van der Waals surface area contributed by atoms with Crippen molar-refractivity contribution in [3.05, 3.63) is 64.5 Å². The molecule has 0 aliphatic carbocycles. The van der Waals surface area contributed by atoms with Gasteiger partial charge in [0.25, 0.3) is 0 Å². The predicted molar refractivity (Wildman–Crippen MR) is 124 cm³/mol. The number of benzene rings is 2. The first-order valence-corrected chi connectivity index (χ1v) is 12.7. The lowest BCUT2D eigenvalue weighted by Crippen LogP contribution is -2.35. The van der Waals surface area contributed by atoms with E-state index < -0.39 is 10.0 Å². The van der Waals surface area contributed by atoms with E-state index in [2.05, 4.69) is 10.3 Å². The maximum Gasteiger partial charge on any atom is 0.243 e. The van der Waals surface area contributed by atoms with E-state index in [-0.39, 0.29) is 12.3 Å². The van der Waals surface area contributed by atoms with Gasteiger partial charge in [0.05, 0.1) is 17.0 Å². The number of hydrogen-bond acceptors (Lipinski definition) is 5. The molecule has 0 spiro atoms. The van der Waals surface area contributed by atoms with Crippen molar-refractivity contribution < 1.29 is 13.2 Å². The summed E-state index contributed by atoms with van der Waals surface area (Å²) < 4.78 is 27.2. The van der Waals surface area contributed by atoms with Gasteiger partial charge >= 0.3 is 0 Å². The zero-order valence-electron chi connectivity index (χ0n) is 17.4. The normalized spacial score (nSPS) is 15.0. The number of piperidine rings is 1. The average Bonchev–Trinajstić information content (AvgIpc) is 3.23. The van der Waals surface area contributed by atoms with Gasteiger partial charge in [0.15, 0.2) is 0 Å². The van der Waals surface area contributed by atoms with Gasteiger partial charge in [-0.15, -0.1) is 11.3 Å². The lowest BCUT2D eigenvalue weighted by atomic mass is 10.2. The van der Waals surface area contributed by atoms with Crippen LogP contribution in [0.5, 0.6) is 0 Å². The highest BCUT2D eigenvalue weighted by molar-refractivity contribution is 7.89. The number of nitrogens with one attached hydrogen (secondary N) is 1. The van der Waals surface area contributed by atoms with Crippen LogP contribution in [0.25, 0.3) is 11.3 Å². The standard InChI is InChI=1S/C23H25N3O3S2/c1-17-6-5-7-19(14-17)24-22(27)15-23-25-21(16-30-23)18-8-10-20(11-9-18)31(28,29)26-12-3-2-4-13-26/h5-11,14,16H,2-4,12-13,15H2,1H3,(H,24,27). The van der Waals surface area contributed by atoms with Crippen LogP contribution in [0.2, 0.25) is 0 Å². The molecule has 1 aliphatic heterocycles. The van der Waals surface area contributed by atoms with E-state index in [1.807, 2.05) is 36.6 Å². The molecular weight excluding hydrogens is 430 g/mol. The molecule has 0 radical (unpaired) electrons. The van der Waals surface area contributed by atoms with E-state index in [1.54, 1.807) is 28.6 Å². The van der Waals surface area contributed by atoms with Gasteiger partial charge in [0.2, 0.25) is 15.9 Å². The number of carbonyl (C=O) groups is 1. The highest BCUT2D eigenvalue weighted by atomic mass is 32.2. The molecule has 1 amide bonds. The minimum atomic E-state index is -3.44. The summed E-state index contributed by atoms with van der Waals surface area (Å²) in [4.78, 5) is 17.2. The van der Waals surface area contributed by atoms with Gasteiger partial charge in [0.1, 0.15) is 5.01 Å². The number of sulfonamides is 1. The van der Waals surface area contributed by atoms with Crippen molar-refractivity contribution in [3.8, 4) is 11.3 Å². The molecule has 162 valence electrons. The number of anilines is 1. The molecule has 8 heteroatoms. The number of hydrogen-bond donors (Lipinski definition) is 1. The van der Waals surface area contributed by atoms with E-state index in [4.69, 9.17) is 0 Å². The SMILES string of the molecule is Cc1cccc(NC(=O)Cc2nc(-c3ccc(S(=O)(=O)N4CCCCC4)cc3)cs2)c1. The Morgan fingerprint density at radius 3 is 2.55 bits per heavy atom. The first-order chi connectivity index (χ1) is 14.9. The second-order valence-corrected chi connectivity index (χ2v) is 10.6. The Kier molecular flexibility index (Phi) is 6.50. The molecule has 0 unspecified atom stereocenters. The lowest BCUT2D eigenvalue weighted by molar-refractivity contribution is -0.115. The smallest absolute Gasteiger partial charge is 0.243 e. The van der Waals surface area contributed by atoms with E-state index in [0.717, 1.165) is 41.8 Å². The van der Waals surface area contributed by atoms with Crippen LogP contribution in [0.15, 0.2) is 58.8 Å². The molecule has 2 heterocycles. The van der Waals surface area contributed by atoms with Crippen LogP contribution in [0.3, 0.4) is 0 Å². The molecule has 3 aromatic rings. The van der Waals surface area contributed by atoms with Gasteiger partial charge in [-0.1, -0.05) is 30.7 Å². The minimum absolute atomic E-state index is 0.116. The predicted octanol–water partition coefficient (Wildman–Crippen LogP) is 4.47. The van der Waals surface area contributed by atoms with Crippen molar-refractivity contribution in [2.75, 3.05) is 18.4 Å². The van der Waals surface area contributed by atoms with E-state index in [9.17, 15) is 13.2 Å². The summed E-state index contributed by atoms with van der Waals surface area (Å²) in [6, 6.07) is 14.5. The third kappa shape index (κ3) is 5.20. The topological polar surface area (TPSA) is 79.4 Å². The Morgan fingerprint density at radius 1 is 1.10 bits per heavy atom. The van der Waals surface area contributed by atoms with Crippen molar-refractivity contribution in [3.63, 3.8) is 0 Å². The van der Waals surface area contributed by atoms with Gasteiger partial charge in [-0.05, 0) is 49.6 Å². The second kappa shape index (κ2) is 9.30. The molecule has 2 aromatic carbocycles. The highest BCUT2D eigenvalue weighted by Crippen LogP contribution is 2.26. The van der Waals surface area contributed by atoms with Gasteiger partial charge in [0, 0.05) is 29.7 Å². The molecule has 0 bridgehead atoms. The van der Waals surface area contributed by atoms with Gasteiger partial charge in [-0.2, -0.15) is 4.31 Å². The molecule has 1 aliphatic rings. The fraction of sp³-hybridized carbons (Fsp3) is 0.304. The number of rotatable bonds is 6. The molecule has 1 aromatic heterocycles. The lowest BCUT2D eigenvalue weighted by Gasteiger charge is -2.25. The minimum Gasteiger partial charge on any atom is -0.326 e. The fourth-order valence-corrected chi connectivity index (χ4v) is 5.96. The number of amides is 1. The summed E-state index contributed by atoms with van der Waals surface area (Å²) in [7, 11) is -3.44. The molecule has 1 fully saturated rings. The van der Waals surface area contributed by atoms with E-state index in [1.165, 1.54) is 11.3 Å². The van der Waals surface area contributed by atoms with Crippen molar-refractivity contribution >= 4 is 33.0 Å². The second-order valence-electron chi connectivity index (χ2n) is 7.71. The van der Waals surface area contributed by atoms with Crippen molar-refractivity contribution in [2.24, 2.45) is 0 Å². The third-order valence-corrected chi connectivity index (χ3v) is 8.03. The average molecular weight is 456 g/mol. The Balaban J connectivity index is 1.42. The summed E-state index contributed by atoms with van der Waals surface area (Å²) in [5.41, 5.74) is 3.43. The van der Waals surface area contributed by atoms with Crippen LogP contribution in [-0.4, -0.2) is 36.7 Å². The number of carbonyl (C=O) groups excluding carboxylic acids is 1. The van der Waals surface area contributed by atoms with Gasteiger partial charge in [-0.25, -0.2) is 13.4 Å². The Morgan fingerprint density at radius 2 is 1.84 bits per heavy atom. The summed E-state index contributed by atoms with van der Waals surface area (Å²) in [6.07, 6.45) is 3.10. The van der Waals surface area contributed by atoms with E-state index >= 15 is 0 Å². The Hall–Kier alpha value is -2.55. The Bertz CT molecular complexity index is 1160. The first kappa shape index (κ1) is 21.7. The van der Waals surface area contributed by atoms with Crippen molar-refractivity contribution in [1.29, 1.82) is 0 Å². The number of nitrogens with zero attached hydrogens (tertiary/aromatic N) is 2. The van der Waals surface area contributed by atoms with Crippen LogP contribution in [0, 0.1) is 6.92 Å². The zero-order chi connectivity index (χ0) is 21.8. The van der Waals surface area contributed by atoms with Crippen LogP contribution >= 0.6 is 11.3 Å². The molecule has 0 saturated carbocycles. The van der Waals surface area contributed by atoms with E-state index in [0.29, 0.717) is 23.0 Å². The largest absolute Gasteiger partial charge is 0.326 e. The van der Waals surface area contributed by atoms with Gasteiger partial charge in [-0.3, -0.25) is 4.79 Å². The van der Waals surface area contributed by atoms with Crippen molar-refractivity contribution in [2.45, 2.75) is 37.5 Å². The van der Waals surface area contributed by atoms with Crippen LogP contribution in [0.1, 0.15) is 29.8 Å². The summed E-state index contributed by atoms with van der Waals surface area (Å²) in [5, 5.41) is 5.50. The maximum atomic E-state index is 12.8. The molecule has 4 rings (SSSR count). The summed E-state index contributed by atoms with van der Waals surface area (Å²) >= 11 is 1.42. The van der Waals surface area contributed by atoms with Crippen LogP contribution in [0.4, 0.5) is 5.69 Å². The third-order valence-electron chi connectivity index (χ3n) is 5.27. The molecular formula is C23H25N3O3S2. The summed E-state index contributed by atoms with van der Waals surface area (Å²) in [5.74, 6) is -0.116. The fourth-order valence-electron chi connectivity index (χ4n) is 3.64. The monoisotopic (exact) mass is 455 g/mol. The Labute approximate surface area is 187 Å². The molecule has 31 heavy (non-hydrogen) atoms.